The number of imide groups is 1. The molecule has 1 aliphatic heterocycles. The number of amides is 2. The van der Waals surface area contributed by atoms with Crippen LogP contribution in [0.4, 0.5) is 0 Å². The molecule has 0 saturated heterocycles. The Balaban J connectivity index is 2.33. The molecule has 0 spiro atoms. The van der Waals surface area contributed by atoms with Crippen molar-refractivity contribution in [1.29, 1.82) is 0 Å². The number of hydrogen-bond donors (Lipinski definition) is 0. The van der Waals surface area contributed by atoms with Crippen molar-refractivity contribution in [1.82, 2.24) is 4.90 Å². The number of likely N-dealkylation sites (N-methyl/N-ethyl adjacent to an activating group) is 1. The summed E-state index contributed by atoms with van der Waals surface area (Å²) >= 11 is 1.79. The third-order valence-corrected chi connectivity index (χ3v) is 5.23. The second-order valence-electron chi connectivity index (χ2n) is 5.45. The van der Waals surface area contributed by atoms with E-state index in [1.807, 2.05) is 31.2 Å². The van der Waals surface area contributed by atoms with E-state index in [9.17, 15) is 9.59 Å². The molecule has 3 nitrogen and oxygen atoms in total. The highest BCUT2D eigenvalue weighted by Crippen LogP contribution is 2.36. The summed E-state index contributed by atoms with van der Waals surface area (Å²) in [7, 11) is 1.58. The Morgan fingerprint density at radius 3 is 2.65 bits per heavy atom. The average Bonchev–Trinajstić information content (AvgIpc) is 2.48. The summed E-state index contributed by atoms with van der Waals surface area (Å²) in [4.78, 5) is 26.0. The highest BCUT2D eigenvalue weighted by atomic mass is 32.2. The van der Waals surface area contributed by atoms with Crippen LogP contribution in [0.5, 0.6) is 0 Å². The number of unbranched alkanes of at least 4 members (excludes halogenated alkanes) is 1. The van der Waals surface area contributed by atoms with Gasteiger partial charge in [-0.2, -0.15) is 11.8 Å². The molecule has 2 rings (SSSR count). The standard InChI is InChI=1S/C16H21NO2S/c1-4-5-10-20-11-16(2)13-9-7-6-8-12(13)14(18)17(3)15(16)19/h6-9H,4-5,10-11H2,1-3H3. The quantitative estimate of drug-likeness (QED) is 0.618. The van der Waals surface area contributed by atoms with Gasteiger partial charge in [0.15, 0.2) is 0 Å². The van der Waals surface area contributed by atoms with Crippen molar-refractivity contribution in [3.63, 3.8) is 0 Å². The molecule has 0 radical (unpaired) electrons. The maximum atomic E-state index is 12.6. The zero-order valence-electron chi connectivity index (χ0n) is 12.3. The minimum absolute atomic E-state index is 0.0924. The molecular weight excluding hydrogens is 270 g/mol. The van der Waals surface area contributed by atoms with Gasteiger partial charge in [0.2, 0.25) is 5.91 Å². The van der Waals surface area contributed by atoms with Crippen LogP contribution >= 0.6 is 11.8 Å². The molecular formula is C16H21NO2S. The van der Waals surface area contributed by atoms with Gasteiger partial charge in [-0.15, -0.1) is 0 Å². The highest BCUT2D eigenvalue weighted by Gasteiger charge is 2.45. The fraction of sp³-hybridized carbons (Fsp3) is 0.500. The smallest absolute Gasteiger partial charge is 0.260 e. The van der Waals surface area contributed by atoms with Gasteiger partial charge in [-0.1, -0.05) is 31.5 Å². The zero-order valence-corrected chi connectivity index (χ0v) is 13.1. The van der Waals surface area contributed by atoms with Crippen LogP contribution in [-0.2, 0) is 10.2 Å². The molecule has 20 heavy (non-hydrogen) atoms. The number of thioether (sulfide) groups is 1. The maximum Gasteiger partial charge on any atom is 0.260 e. The lowest BCUT2D eigenvalue weighted by molar-refractivity contribution is -0.132. The molecule has 1 aromatic carbocycles. The van der Waals surface area contributed by atoms with Crippen LogP contribution in [0, 0.1) is 0 Å². The van der Waals surface area contributed by atoms with E-state index in [1.54, 1.807) is 18.8 Å². The van der Waals surface area contributed by atoms with E-state index in [0.29, 0.717) is 5.56 Å². The van der Waals surface area contributed by atoms with E-state index in [4.69, 9.17) is 0 Å². The molecule has 0 N–H and O–H groups in total. The lowest BCUT2D eigenvalue weighted by atomic mass is 9.77. The Bertz CT molecular complexity index is 529. The van der Waals surface area contributed by atoms with Gasteiger partial charge in [-0.05, 0) is 30.7 Å². The van der Waals surface area contributed by atoms with Crippen LogP contribution in [-0.4, -0.2) is 35.3 Å². The van der Waals surface area contributed by atoms with Crippen LogP contribution in [0.25, 0.3) is 0 Å². The first-order chi connectivity index (χ1) is 9.52. The number of benzene rings is 1. The highest BCUT2D eigenvalue weighted by molar-refractivity contribution is 7.99. The molecule has 1 heterocycles. The molecule has 0 fully saturated rings. The predicted octanol–water partition coefficient (Wildman–Crippen LogP) is 3.09. The number of carbonyl (C=O) groups excluding carboxylic acids is 2. The molecule has 1 atom stereocenters. The lowest BCUT2D eigenvalue weighted by Gasteiger charge is -2.38. The summed E-state index contributed by atoms with van der Waals surface area (Å²) in [6, 6.07) is 7.48. The molecule has 1 aliphatic rings. The molecule has 0 saturated carbocycles. The zero-order chi connectivity index (χ0) is 14.8. The Labute approximate surface area is 124 Å². The van der Waals surface area contributed by atoms with Gasteiger partial charge in [0.1, 0.15) is 0 Å². The van der Waals surface area contributed by atoms with E-state index in [1.165, 1.54) is 4.90 Å². The number of hydrogen-bond acceptors (Lipinski definition) is 3. The molecule has 108 valence electrons. The van der Waals surface area contributed by atoms with E-state index in [0.717, 1.165) is 29.9 Å². The molecule has 1 unspecified atom stereocenters. The van der Waals surface area contributed by atoms with Crippen LogP contribution in [0.2, 0.25) is 0 Å². The van der Waals surface area contributed by atoms with Crippen molar-refractivity contribution in [2.24, 2.45) is 0 Å². The summed E-state index contributed by atoms with van der Waals surface area (Å²) in [5, 5.41) is 0. The summed E-state index contributed by atoms with van der Waals surface area (Å²) in [5.41, 5.74) is 0.933. The Morgan fingerprint density at radius 1 is 1.25 bits per heavy atom. The van der Waals surface area contributed by atoms with Crippen molar-refractivity contribution < 1.29 is 9.59 Å². The fourth-order valence-corrected chi connectivity index (χ4v) is 3.90. The minimum Gasteiger partial charge on any atom is -0.281 e. The maximum absolute atomic E-state index is 12.6. The predicted molar refractivity (Wildman–Crippen MR) is 83.1 cm³/mol. The van der Waals surface area contributed by atoms with E-state index >= 15 is 0 Å². The van der Waals surface area contributed by atoms with Gasteiger partial charge in [0.25, 0.3) is 5.91 Å². The van der Waals surface area contributed by atoms with Crippen LogP contribution in [0.1, 0.15) is 42.6 Å². The number of carbonyl (C=O) groups is 2. The van der Waals surface area contributed by atoms with Crippen molar-refractivity contribution >= 4 is 23.6 Å². The van der Waals surface area contributed by atoms with Crippen LogP contribution < -0.4 is 0 Å². The summed E-state index contributed by atoms with van der Waals surface area (Å²) in [6.07, 6.45) is 2.32. The summed E-state index contributed by atoms with van der Waals surface area (Å²) in [5.74, 6) is 1.49. The molecule has 0 bridgehead atoms. The molecule has 0 aliphatic carbocycles. The minimum atomic E-state index is -0.600. The number of fused-ring (bicyclic) bond motifs is 1. The van der Waals surface area contributed by atoms with Crippen LogP contribution in [0.15, 0.2) is 24.3 Å². The second kappa shape index (κ2) is 6.00. The van der Waals surface area contributed by atoms with Crippen molar-refractivity contribution in [2.45, 2.75) is 32.1 Å². The van der Waals surface area contributed by atoms with Gasteiger partial charge < -0.3 is 0 Å². The Morgan fingerprint density at radius 2 is 1.95 bits per heavy atom. The Hall–Kier alpha value is -1.29. The lowest BCUT2D eigenvalue weighted by Crippen LogP contribution is -2.52. The Kier molecular flexibility index (Phi) is 4.53. The normalized spacial score (nSPS) is 22.1. The molecule has 1 aromatic rings. The van der Waals surface area contributed by atoms with Crippen molar-refractivity contribution in [2.75, 3.05) is 18.6 Å². The second-order valence-corrected chi connectivity index (χ2v) is 6.56. The summed E-state index contributed by atoms with van der Waals surface area (Å²) in [6.45, 7) is 4.12. The van der Waals surface area contributed by atoms with Gasteiger partial charge in [-0.25, -0.2) is 0 Å². The van der Waals surface area contributed by atoms with Crippen molar-refractivity contribution in [3.05, 3.63) is 35.4 Å². The van der Waals surface area contributed by atoms with Gasteiger partial charge >= 0.3 is 0 Å². The van der Waals surface area contributed by atoms with Crippen LogP contribution in [0.3, 0.4) is 0 Å². The molecule has 0 aromatic heterocycles. The number of nitrogens with zero attached hydrogens (tertiary/aromatic N) is 1. The van der Waals surface area contributed by atoms with Crippen molar-refractivity contribution in [3.8, 4) is 0 Å². The molecule has 2 amide bonds. The first-order valence-electron chi connectivity index (χ1n) is 7.02. The molecule has 4 heteroatoms. The van der Waals surface area contributed by atoms with Gasteiger partial charge in [0, 0.05) is 18.4 Å². The monoisotopic (exact) mass is 291 g/mol. The van der Waals surface area contributed by atoms with Gasteiger partial charge in [0.05, 0.1) is 5.41 Å². The van der Waals surface area contributed by atoms with E-state index < -0.39 is 5.41 Å². The topological polar surface area (TPSA) is 37.4 Å². The summed E-state index contributed by atoms with van der Waals surface area (Å²) < 4.78 is 0. The fourth-order valence-electron chi connectivity index (χ4n) is 2.57. The van der Waals surface area contributed by atoms with E-state index in [-0.39, 0.29) is 11.8 Å². The van der Waals surface area contributed by atoms with Gasteiger partial charge in [-0.3, -0.25) is 14.5 Å². The first-order valence-corrected chi connectivity index (χ1v) is 8.17. The van der Waals surface area contributed by atoms with E-state index in [2.05, 4.69) is 6.92 Å². The SMILES string of the molecule is CCCCSCC1(C)C(=O)N(C)C(=O)c2ccccc21. The largest absolute Gasteiger partial charge is 0.281 e. The third-order valence-electron chi connectivity index (χ3n) is 3.87. The first kappa shape index (κ1) is 15.1. The third kappa shape index (κ3) is 2.49. The average molecular weight is 291 g/mol. The number of rotatable bonds is 5.